The molecule has 1 aromatic rings. The second-order valence-electron chi connectivity index (χ2n) is 4.44. The molecular weight excluding hydrogens is 200 g/mol. The number of rotatable bonds is 6. The Morgan fingerprint density at radius 3 is 2.38 bits per heavy atom. The first-order valence-corrected chi connectivity index (χ1v) is 5.87. The second kappa shape index (κ2) is 6.43. The van der Waals surface area contributed by atoms with Crippen molar-refractivity contribution in [3.63, 3.8) is 0 Å². The molecule has 0 unspecified atom stereocenters. The summed E-state index contributed by atoms with van der Waals surface area (Å²) < 4.78 is 0. The first-order chi connectivity index (χ1) is 7.61. The standard InChI is InChI=1S/C12H22N4/c1-10(2)16(11(3)4)8-7-15-12-9-13-5-6-14-12/h5-6,9-11H,7-8H2,1-4H3,(H,14,15). The predicted octanol–water partition coefficient (Wildman–Crippen LogP) is 2.01. The molecule has 4 heteroatoms. The van der Waals surface area contributed by atoms with Crippen LogP contribution in [0.4, 0.5) is 5.82 Å². The van der Waals surface area contributed by atoms with Crippen LogP contribution < -0.4 is 5.32 Å². The zero-order valence-electron chi connectivity index (χ0n) is 10.6. The van der Waals surface area contributed by atoms with Crippen LogP contribution in [-0.4, -0.2) is 40.0 Å². The van der Waals surface area contributed by atoms with Gasteiger partial charge < -0.3 is 5.32 Å². The summed E-state index contributed by atoms with van der Waals surface area (Å²) in [6, 6.07) is 1.15. The summed E-state index contributed by atoms with van der Waals surface area (Å²) in [7, 11) is 0. The monoisotopic (exact) mass is 222 g/mol. The Labute approximate surface area is 98.1 Å². The molecule has 0 fully saturated rings. The van der Waals surface area contributed by atoms with Crippen LogP contribution in [0.25, 0.3) is 0 Å². The minimum absolute atomic E-state index is 0.573. The summed E-state index contributed by atoms with van der Waals surface area (Å²) in [6.07, 6.45) is 5.12. The molecule has 1 aromatic heterocycles. The van der Waals surface area contributed by atoms with Gasteiger partial charge >= 0.3 is 0 Å². The highest BCUT2D eigenvalue weighted by Gasteiger charge is 2.12. The quantitative estimate of drug-likeness (QED) is 0.799. The van der Waals surface area contributed by atoms with E-state index in [2.05, 4.69) is 47.9 Å². The van der Waals surface area contributed by atoms with Gasteiger partial charge in [0.2, 0.25) is 0 Å². The van der Waals surface area contributed by atoms with Crippen LogP contribution in [0.1, 0.15) is 27.7 Å². The van der Waals surface area contributed by atoms with Crippen LogP contribution in [0.5, 0.6) is 0 Å². The van der Waals surface area contributed by atoms with E-state index in [-0.39, 0.29) is 0 Å². The zero-order valence-corrected chi connectivity index (χ0v) is 10.6. The Morgan fingerprint density at radius 2 is 1.88 bits per heavy atom. The first kappa shape index (κ1) is 12.9. The van der Waals surface area contributed by atoms with Gasteiger partial charge in [-0.05, 0) is 27.7 Å². The minimum Gasteiger partial charge on any atom is -0.368 e. The first-order valence-electron chi connectivity index (χ1n) is 5.87. The van der Waals surface area contributed by atoms with Crippen molar-refractivity contribution in [2.24, 2.45) is 0 Å². The highest BCUT2D eigenvalue weighted by molar-refractivity contribution is 5.29. The van der Waals surface area contributed by atoms with Gasteiger partial charge in [-0.3, -0.25) is 9.88 Å². The van der Waals surface area contributed by atoms with Crippen molar-refractivity contribution in [2.75, 3.05) is 18.4 Å². The summed E-state index contributed by atoms with van der Waals surface area (Å²) in [5.41, 5.74) is 0. The molecule has 0 radical (unpaired) electrons. The number of hydrogen-bond donors (Lipinski definition) is 1. The molecular formula is C12H22N4. The predicted molar refractivity (Wildman–Crippen MR) is 67.5 cm³/mol. The fourth-order valence-electron chi connectivity index (χ4n) is 1.82. The number of anilines is 1. The van der Waals surface area contributed by atoms with Gasteiger partial charge in [0.15, 0.2) is 0 Å². The van der Waals surface area contributed by atoms with Crippen molar-refractivity contribution >= 4 is 5.82 Å². The molecule has 1 heterocycles. The van der Waals surface area contributed by atoms with Crippen LogP contribution in [0.15, 0.2) is 18.6 Å². The van der Waals surface area contributed by atoms with E-state index in [9.17, 15) is 0 Å². The summed E-state index contributed by atoms with van der Waals surface area (Å²) in [5, 5.41) is 3.27. The van der Waals surface area contributed by atoms with Gasteiger partial charge in [-0.15, -0.1) is 0 Å². The van der Waals surface area contributed by atoms with Crippen molar-refractivity contribution in [1.29, 1.82) is 0 Å². The van der Waals surface area contributed by atoms with Crippen LogP contribution in [0.3, 0.4) is 0 Å². The van der Waals surface area contributed by atoms with E-state index < -0.39 is 0 Å². The maximum Gasteiger partial charge on any atom is 0.144 e. The summed E-state index contributed by atoms with van der Waals surface area (Å²) in [4.78, 5) is 10.6. The fourth-order valence-corrected chi connectivity index (χ4v) is 1.82. The molecule has 1 N–H and O–H groups in total. The van der Waals surface area contributed by atoms with Crippen LogP contribution in [0.2, 0.25) is 0 Å². The number of hydrogen-bond acceptors (Lipinski definition) is 4. The average Bonchev–Trinajstić information content (AvgIpc) is 2.24. The molecule has 0 aliphatic rings. The Kier molecular flexibility index (Phi) is 5.19. The third-order valence-corrected chi connectivity index (χ3v) is 2.57. The summed E-state index contributed by atoms with van der Waals surface area (Å²) in [6.45, 7) is 10.8. The lowest BCUT2D eigenvalue weighted by Gasteiger charge is -2.30. The molecule has 0 aliphatic carbocycles. The Bertz CT molecular complexity index is 276. The van der Waals surface area contributed by atoms with E-state index in [4.69, 9.17) is 0 Å². The molecule has 0 aromatic carbocycles. The Balaban J connectivity index is 2.34. The van der Waals surface area contributed by atoms with Crippen molar-refractivity contribution in [2.45, 2.75) is 39.8 Å². The van der Waals surface area contributed by atoms with Crippen molar-refractivity contribution < 1.29 is 0 Å². The van der Waals surface area contributed by atoms with Gasteiger partial charge in [-0.1, -0.05) is 0 Å². The van der Waals surface area contributed by atoms with E-state index in [0.29, 0.717) is 12.1 Å². The molecule has 4 nitrogen and oxygen atoms in total. The van der Waals surface area contributed by atoms with E-state index in [1.807, 2.05) is 0 Å². The number of nitrogens with one attached hydrogen (secondary N) is 1. The SMILES string of the molecule is CC(C)N(CCNc1cnccn1)C(C)C. The van der Waals surface area contributed by atoms with E-state index in [1.54, 1.807) is 18.6 Å². The van der Waals surface area contributed by atoms with E-state index >= 15 is 0 Å². The maximum atomic E-state index is 4.17. The lowest BCUT2D eigenvalue weighted by molar-refractivity contribution is 0.182. The highest BCUT2D eigenvalue weighted by atomic mass is 15.2. The fraction of sp³-hybridized carbons (Fsp3) is 0.667. The molecule has 0 aliphatic heterocycles. The molecule has 0 saturated heterocycles. The van der Waals surface area contributed by atoms with Gasteiger partial charge in [-0.2, -0.15) is 0 Å². The van der Waals surface area contributed by atoms with E-state index in [1.165, 1.54) is 0 Å². The smallest absolute Gasteiger partial charge is 0.144 e. The van der Waals surface area contributed by atoms with Crippen molar-refractivity contribution in [3.05, 3.63) is 18.6 Å². The summed E-state index contributed by atoms with van der Waals surface area (Å²) in [5.74, 6) is 0.843. The second-order valence-corrected chi connectivity index (χ2v) is 4.44. The minimum atomic E-state index is 0.573. The Morgan fingerprint density at radius 1 is 1.19 bits per heavy atom. The lowest BCUT2D eigenvalue weighted by Crippen LogP contribution is -2.40. The number of nitrogens with zero attached hydrogens (tertiary/aromatic N) is 3. The topological polar surface area (TPSA) is 41.0 Å². The Hall–Kier alpha value is -1.16. The van der Waals surface area contributed by atoms with Gasteiger partial charge in [0, 0.05) is 37.6 Å². The molecule has 0 amide bonds. The molecule has 1 rings (SSSR count). The maximum absolute atomic E-state index is 4.17. The van der Waals surface area contributed by atoms with E-state index in [0.717, 1.165) is 18.9 Å². The van der Waals surface area contributed by atoms with Crippen molar-refractivity contribution in [3.8, 4) is 0 Å². The molecule has 0 spiro atoms. The van der Waals surface area contributed by atoms with Crippen LogP contribution in [-0.2, 0) is 0 Å². The average molecular weight is 222 g/mol. The zero-order chi connectivity index (χ0) is 12.0. The van der Waals surface area contributed by atoms with Gasteiger partial charge in [0.25, 0.3) is 0 Å². The van der Waals surface area contributed by atoms with Crippen LogP contribution >= 0.6 is 0 Å². The van der Waals surface area contributed by atoms with Gasteiger partial charge in [0.1, 0.15) is 5.82 Å². The molecule has 16 heavy (non-hydrogen) atoms. The van der Waals surface area contributed by atoms with Gasteiger partial charge in [0.05, 0.1) is 6.20 Å². The normalized spacial score (nSPS) is 11.4. The third-order valence-electron chi connectivity index (χ3n) is 2.57. The highest BCUT2D eigenvalue weighted by Crippen LogP contribution is 2.04. The number of aromatic nitrogens is 2. The third kappa shape index (κ3) is 4.14. The lowest BCUT2D eigenvalue weighted by atomic mass is 10.2. The largest absolute Gasteiger partial charge is 0.368 e. The molecule has 0 bridgehead atoms. The van der Waals surface area contributed by atoms with Gasteiger partial charge in [-0.25, -0.2) is 4.98 Å². The van der Waals surface area contributed by atoms with Crippen molar-refractivity contribution in [1.82, 2.24) is 14.9 Å². The summed E-state index contributed by atoms with van der Waals surface area (Å²) >= 11 is 0. The molecule has 0 saturated carbocycles. The molecule has 0 atom stereocenters. The van der Waals surface area contributed by atoms with Crippen LogP contribution in [0, 0.1) is 0 Å². The molecule has 90 valence electrons.